The molecule has 0 aliphatic heterocycles. The van der Waals surface area contributed by atoms with Crippen LogP contribution in [0.1, 0.15) is 61.6 Å². The standard InChI is InChI=1S/C26H34N2O/c1-3-28(26(29)11-7-10-21-8-5-4-6-9-21)25-18-16-24(17-19-25)23-14-12-22(13-15-23)20-27-2/h4-10,12-15,24-25,27H,3,11,16-20H2,1-2H3. The first-order valence-corrected chi connectivity index (χ1v) is 11.0. The highest BCUT2D eigenvalue weighted by molar-refractivity contribution is 5.79. The number of hydrogen-bond acceptors (Lipinski definition) is 2. The maximum atomic E-state index is 12.8. The Hall–Kier alpha value is -2.39. The van der Waals surface area contributed by atoms with E-state index in [1.807, 2.05) is 37.4 Å². The van der Waals surface area contributed by atoms with E-state index in [9.17, 15) is 4.79 Å². The van der Waals surface area contributed by atoms with Gasteiger partial charge in [-0.25, -0.2) is 0 Å². The van der Waals surface area contributed by atoms with Crippen LogP contribution in [0, 0.1) is 0 Å². The quantitative estimate of drug-likeness (QED) is 0.656. The van der Waals surface area contributed by atoms with Gasteiger partial charge in [0.05, 0.1) is 0 Å². The number of carbonyl (C=O) groups excluding carboxylic acids is 1. The molecule has 0 aromatic heterocycles. The molecular formula is C26H34N2O. The highest BCUT2D eigenvalue weighted by atomic mass is 16.2. The second-order valence-electron chi connectivity index (χ2n) is 7.97. The summed E-state index contributed by atoms with van der Waals surface area (Å²) in [6.45, 7) is 3.82. The molecule has 1 saturated carbocycles. The third kappa shape index (κ3) is 6.04. The second-order valence-corrected chi connectivity index (χ2v) is 7.97. The minimum absolute atomic E-state index is 0.250. The lowest BCUT2D eigenvalue weighted by Gasteiger charge is -2.36. The lowest BCUT2D eigenvalue weighted by atomic mass is 9.81. The smallest absolute Gasteiger partial charge is 0.226 e. The summed E-state index contributed by atoms with van der Waals surface area (Å²) >= 11 is 0. The van der Waals surface area contributed by atoms with Crippen molar-refractivity contribution >= 4 is 12.0 Å². The van der Waals surface area contributed by atoms with Crippen LogP contribution in [-0.4, -0.2) is 30.4 Å². The Morgan fingerprint density at radius 2 is 1.72 bits per heavy atom. The Labute approximate surface area is 175 Å². The third-order valence-corrected chi connectivity index (χ3v) is 6.03. The van der Waals surface area contributed by atoms with E-state index in [1.54, 1.807) is 0 Å². The van der Waals surface area contributed by atoms with Crippen LogP contribution in [-0.2, 0) is 11.3 Å². The average Bonchev–Trinajstić information content (AvgIpc) is 2.76. The van der Waals surface area contributed by atoms with E-state index in [4.69, 9.17) is 0 Å². The largest absolute Gasteiger partial charge is 0.340 e. The van der Waals surface area contributed by atoms with Crippen LogP contribution in [0.4, 0.5) is 0 Å². The summed E-state index contributed by atoms with van der Waals surface area (Å²) in [7, 11) is 1.98. The zero-order valence-corrected chi connectivity index (χ0v) is 17.8. The Morgan fingerprint density at radius 1 is 1.03 bits per heavy atom. The van der Waals surface area contributed by atoms with E-state index in [0.717, 1.165) is 31.5 Å². The SMILES string of the molecule is CCN(C(=O)CC=Cc1ccccc1)C1CCC(c2ccc(CNC)cc2)CC1. The van der Waals surface area contributed by atoms with Crippen LogP contribution in [0.3, 0.4) is 0 Å². The van der Waals surface area contributed by atoms with Gasteiger partial charge >= 0.3 is 0 Å². The number of benzene rings is 2. The Bertz CT molecular complexity index is 774. The molecule has 1 amide bonds. The van der Waals surface area contributed by atoms with Gasteiger partial charge in [0, 0.05) is 25.6 Å². The summed E-state index contributed by atoms with van der Waals surface area (Å²) in [6, 6.07) is 19.6. The van der Waals surface area contributed by atoms with Crippen LogP contribution < -0.4 is 5.32 Å². The van der Waals surface area contributed by atoms with Gasteiger partial charge in [-0.15, -0.1) is 0 Å². The number of nitrogens with zero attached hydrogens (tertiary/aromatic N) is 1. The zero-order valence-electron chi connectivity index (χ0n) is 17.8. The van der Waals surface area contributed by atoms with Crippen molar-refractivity contribution in [3.8, 4) is 0 Å². The van der Waals surface area contributed by atoms with Crippen molar-refractivity contribution in [1.29, 1.82) is 0 Å². The minimum atomic E-state index is 0.250. The lowest BCUT2D eigenvalue weighted by molar-refractivity contribution is -0.133. The molecule has 1 aliphatic carbocycles. The fraction of sp³-hybridized carbons (Fsp3) is 0.423. The monoisotopic (exact) mass is 390 g/mol. The molecule has 3 nitrogen and oxygen atoms in total. The van der Waals surface area contributed by atoms with E-state index in [0.29, 0.717) is 18.4 Å². The fourth-order valence-corrected chi connectivity index (χ4v) is 4.45. The zero-order chi connectivity index (χ0) is 20.5. The molecule has 0 unspecified atom stereocenters. The number of rotatable bonds is 8. The van der Waals surface area contributed by atoms with Gasteiger partial charge in [0.2, 0.25) is 5.91 Å². The van der Waals surface area contributed by atoms with Gasteiger partial charge in [-0.3, -0.25) is 4.79 Å². The van der Waals surface area contributed by atoms with Crippen LogP contribution in [0.5, 0.6) is 0 Å². The highest BCUT2D eigenvalue weighted by Gasteiger charge is 2.28. The van der Waals surface area contributed by atoms with E-state index >= 15 is 0 Å². The Kier molecular flexibility index (Phi) is 8.06. The molecule has 1 N–H and O–H groups in total. The molecule has 0 bridgehead atoms. The van der Waals surface area contributed by atoms with Crippen molar-refractivity contribution in [1.82, 2.24) is 10.2 Å². The maximum absolute atomic E-state index is 12.8. The number of nitrogens with one attached hydrogen (secondary N) is 1. The number of hydrogen-bond donors (Lipinski definition) is 1. The van der Waals surface area contributed by atoms with Crippen molar-refractivity contribution in [3.63, 3.8) is 0 Å². The minimum Gasteiger partial charge on any atom is -0.340 e. The van der Waals surface area contributed by atoms with E-state index in [2.05, 4.69) is 53.5 Å². The third-order valence-electron chi connectivity index (χ3n) is 6.03. The molecule has 2 aromatic rings. The predicted molar refractivity (Wildman–Crippen MR) is 122 cm³/mol. The number of amides is 1. The summed E-state index contributed by atoms with van der Waals surface area (Å²) in [5.41, 5.74) is 3.92. The Morgan fingerprint density at radius 3 is 2.34 bits per heavy atom. The molecule has 1 aliphatic rings. The van der Waals surface area contributed by atoms with Gasteiger partial charge in [-0.05, 0) is 62.3 Å². The van der Waals surface area contributed by atoms with Gasteiger partial charge in [-0.1, -0.05) is 66.7 Å². The molecule has 2 aromatic carbocycles. The van der Waals surface area contributed by atoms with Gasteiger partial charge in [0.15, 0.2) is 0 Å². The molecule has 0 saturated heterocycles. The van der Waals surface area contributed by atoms with Crippen molar-refractivity contribution in [2.75, 3.05) is 13.6 Å². The first-order chi connectivity index (χ1) is 14.2. The molecule has 154 valence electrons. The first-order valence-electron chi connectivity index (χ1n) is 11.0. The van der Waals surface area contributed by atoms with Gasteiger partial charge in [0.25, 0.3) is 0 Å². The van der Waals surface area contributed by atoms with Crippen LogP contribution >= 0.6 is 0 Å². The second kappa shape index (κ2) is 11.0. The predicted octanol–water partition coefficient (Wildman–Crippen LogP) is 5.38. The van der Waals surface area contributed by atoms with Gasteiger partial charge < -0.3 is 10.2 Å². The molecule has 0 heterocycles. The van der Waals surface area contributed by atoms with Crippen LogP contribution in [0.25, 0.3) is 6.08 Å². The van der Waals surface area contributed by atoms with Crippen molar-refractivity contribution in [3.05, 3.63) is 77.4 Å². The van der Waals surface area contributed by atoms with E-state index < -0.39 is 0 Å². The lowest BCUT2D eigenvalue weighted by Crippen LogP contribution is -2.41. The maximum Gasteiger partial charge on any atom is 0.226 e. The summed E-state index contributed by atoms with van der Waals surface area (Å²) in [5.74, 6) is 0.876. The topological polar surface area (TPSA) is 32.3 Å². The highest BCUT2D eigenvalue weighted by Crippen LogP contribution is 2.35. The molecular weight excluding hydrogens is 356 g/mol. The molecule has 0 atom stereocenters. The summed E-state index contributed by atoms with van der Waals surface area (Å²) in [5, 5.41) is 3.20. The summed E-state index contributed by atoms with van der Waals surface area (Å²) in [6.07, 6.45) is 9.06. The molecule has 1 fully saturated rings. The molecule has 0 radical (unpaired) electrons. The molecule has 3 rings (SSSR count). The average molecular weight is 391 g/mol. The van der Waals surface area contributed by atoms with Gasteiger partial charge in [0.1, 0.15) is 0 Å². The van der Waals surface area contributed by atoms with Crippen molar-refractivity contribution < 1.29 is 4.79 Å². The van der Waals surface area contributed by atoms with E-state index in [1.165, 1.54) is 24.0 Å². The summed E-state index contributed by atoms with van der Waals surface area (Å²) in [4.78, 5) is 14.9. The molecule has 0 spiro atoms. The summed E-state index contributed by atoms with van der Waals surface area (Å²) < 4.78 is 0. The Balaban J connectivity index is 1.51. The normalized spacial score (nSPS) is 19.4. The van der Waals surface area contributed by atoms with Crippen LogP contribution in [0.15, 0.2) is 60.7 Å². The van der Waals surface area contributed by atoms with Gasteiger partial charge in [-0.2, -0.15) is 0 Å². The molecule has 29 heavy (non-hydrogen) atoms. The van der Waals surface area contributed by atoms with Crippen molar-refractivity contribution in [2.45, 2.75) is 57.5 Å². The fourth-order valence-electron chi connectivity index (χ4n) is 4.45. The van der Waals surface area contributed by atoms with E-state index in [-0.39, 0.29) is 5.91 Å². The number of carbonyl (C=O) groups is 1. The molecule has 3 heteroatoms. The first kappa shape index (κ1) is 21.3. The van der Waals surface area contributed by atoms with Crippen molar-refractivity contribution in [2.24, 2.45) is 0 Å². The van der Waals surface area contributed by atoms with Crippen LogP contribution in [0.2, 0.25) is 0 Å².